The lowest BCUT2D eigenvalue weighted by Crippen LogP contribution is -2.29. The molecule has 21 heavy (non-hydrogen) atoms. The Bertz CT molecular complexity index is 572. The molecule has 1 saturated carbocycles. The Kier molecular flexibility index (Phi) is 4.15. The Labute approximate surface area is 124 Å². The van der Waals surface area contributed by atoms with Crippen LogP contribution >= 0.6 is 0 Å². The standard InChI is InChI=1S/C15H22N6/c1-11-9-14(21-8-2-7-17-21)20-15(18-11)19-13-5-3-12(10-16)4-6-13/h2,7-9,12-13H,3-6,10,16H2,1H3,(H,18,19,20). The number of rotatable bonds is 4. The summed E-state index contributed by atoms with van der Waals surface area (Å²) < 4.78 is 1.76. The van der Waals surface area contributed by atoms with E-state index in [1.807, 2.05) is 25.3 Å². The SMILES string of the molecule is Cc1cc(-n2cccn2)nc(NC2CCC(CN)CC2)n1. The van der Waals surface area contributed by atoms with Gasteiger partial charge in [-0.1, -0.05) is 0 Å². The maximum atomic E-state index is 5.74. The summed E-state index contributed by atoms with van der Waals surface area (Å²) in [5.74, 6) is 2.17. The van der Waals surface area contributed by atoms with Crippen LogP contribution in [0.3, 0.4) is 0 Å². The molecular weight excluding hydrogens is 264 g/mol. The van der Waals surface area contributed by atoms with Crippen LogP contribution in [0.15, 0.2) is 24.5 Å². The van der Waals surface area contributed by atoms with Crippen LogP contribution in [0.4, 0.5) is 5.95 Å². The predicted molar refractivity (Wildman–Crippen MR) is 82.3 cm³/mol. The van der Waals surface area contributed by atoms with E-state index in [4.69, 9.17) is 5.73 Å². The summed E-state index contributed by atoms with van der Waals surface area (Å²) in [6.45, 7) is 2.78. The normalized spacial score (nSPS) is 22.2. The number of hydrogen-bond donors (Lipinski definition) is 2. The van der Waals surface area contributed by atoms with Crippen LogP contribution in [0.25, 0.3) is 5.82 Å². The lowest BCUT2D eigenvalue weighted by molar-refractivity contribution is 0.344. The molecule has 3 rings (SSSR count). The summed E-state index contributed by atoms with van der Waals surface area (Å²) in [6.07, 6.45) is 8.28. The van der Waals surface area contributed by atoms with Crippen molar-refractivity contribution in [3.8, 4) is 5.82 Å². The fourth-order valence-electron chi connectivity index (χ4n) is 2.86. The van der Waals surface area contributed by atoms with E-state index in [0.29, 0.717) is 17.9 Å². The number of nitrogens with zero attached hydrogens (tertiary/aromatic N) is 4. The molecule has 0 aliphatic heterocycles. The van der Waals surface area contributed by atoms with Gasteiger partial charge in [0, 0.05) is 30.2 Å². The summed E-state index contributed by atoms with van der Waals surface area (Å²) >= 11 is 0. The van der Waals surface area contributed by atoms with Gasteiger partial charge in [-0.15, -0.1) is 0 Å². The molecule has 1 fully saturated rings. The highest BCUT2D eigenvalue weighted by Gasteiger charge is 2.20. The molecule has 0 spiro atoms. The number of anilines is 1. The Morgan fingerprint density at radius 3 is 2.76 bits per heavy atom. The summed E-state index contributed by atoms with van der Waals surface area (Å²) in [7, 11) is 0. The van der Waals surface area contributed by atoms with Crippen LogP contribution in [-0.4, -0.2) is 32.3 Å². The molecule has 0 saturated heterocycles. The minimum atomic E-state index is 0.445. The van der Waals surface area contributed by atoms with Crippen LogP contribution in [0.1, 0.15) is 31.4 Å². The molecule has 3 N–H and O–H groups in total. The van der Waals surface area contributed by atoms with E-state index in [1.54, 1.807) is 10.9 Å². The van der Waals surface area contributed by atoms with Crippen LogP contribution < -0.4 is 11.1 Å². The average molecular weight is 286 g/mol. The predicted octanol–water partition coefficient (Wildman–Crippen LogP) is 1.90. The Balaban J connectivity index is 1.71. The molecule has 2 heterocycles. The molecule has 2 aromatic heterocycles. The Hall–Kier alpha value is -1.95. The maximum Gasteiger partial charge on any atom is 0.225 e. The summed E-state index contributed by atoms with van der Waals surface area (Å²) in [6, 6.07) is 4.27. The molecule has 112 valence electrons. The number of hydrogen-bond acceptors (Lipinski definition) is 5. The zero-order valence-corrected chi connectivity index (χ0v) is 12.4. The molecule has 0 atom stereocenters. The third-order valence-corrected chi connectivity index (χ3v) is 4.09. The van der Waals surface area contributed by atoms with Gasteiger partial charge >= 0.3 is 0 Å². The van der Waals surface area contributed by atoms with E-state index in [9.17, 15) is 0 Å². The first-order valence-electron chi connectivity index (χ1n) is 7.57. The first-order chi connectivity index (χ1) is 10.2. The van der Waals surface area contributed by atoms with Crippen molar-refractivity contribution in [2.75, 3.05) is 11.9 Å². The zero-order chi connectivity index (χ0) is 14.7. The highest BCUT2D eigenvalue weighted by Crippen LogP contribution is 2.25. The van der Waals surface area contributed by atoms with Crippen LogP contribution in [0, 0.1) is 12.8 Å². The van der Waals surface area contributed by atoms with E-state index in [1.165, 1.54) is 12.8 Å². The number of nitrogens with two attached hydrogens (primary N) is 1. The molecule has 2 aromatic rings. The summed E-state index contributed by atoms with van der Waals surface area (Å²) in [5, 5.41) is 7.69. The van der Waals surface area contributed by atoms with Crippen molar-refractivity contribution >= 4 is 5.95 Å². The van der Waals surface area contributed by atoms with E-state index in [2.05, 4.69) is 20.4 Å². The van der Waals surface area contributed by atoms with Gasteiger partial charge in [-0.2, -0.15) is 10.1 Å². The van der Waals surface area contributed by atoms with Crippen molar-refractivity contribution in [2.45, 2.75) is 38.6 Å². The smallest absolute Gasteiger partial charge is 0.225 e. The van der Waals surface area contributed by atoms with Crippen molar-refractivity contribution < 1.29 is 0 Å². The summed E-state index contributed by atoms with van der Waals surface area (Å²) in [4.78, 5) is 9.05. The van der Waals surface area contributed by atoms with Gasteiger partial charge in [-0.25, -0.2) is 9.67 Å². The van der Waals surface area contributed by atoms with E-state index < -0.39 is 0 Å². The Morgan fingerprint density at radius 2 is 2.10 bits per heavy atom. The molecule has 1 aliphatic rings. The third-order valence-electron chi connectivity index (χ3n) is 4.09. The van der Waals surface area contributed by atoms with Gasteiger partial charge in [0.15, 0.2) is 5.82 Å². The van der Waals surface area contributed by atoms with E-state index in [0.717, 1.165) is 30.9 Å². The summed E-state index contributed by atoms with van der Waals surface area (Å²) in [5.41, 5.74) is 6.68. The molecule has 0 radical (unpaired) electrons. The molecular formula is C15H22N6. The first kappa shape index (κ1) is 14.0. The number of nitrogens with one attached hydrogen (secondary N) is 1. The van der Waals surface area contributed by atoms with Gasteiger partial charge in [-0.3, -0.25) is 0 Å². The van der Waals surface area contributed by atoms with Crippen LogP contribution in [-0.2, 0) is 0 Å². The number of aryl methyl sites for hydroxylation is 1. The highest BCUT2D eigenvalue weighted by molar-refractivity contribution is 5.35. The molecule has 1 aliphatic carbocycles. The monoisotopic (exact) mass is 286 g/mol. The first-order valence-corrected chi connectivity index (χ1v) is 7.57. The fourth-order valence-corrected chi connectivity index (χ4v) is 2.86. The third kappa shape index (κ3) is 3.39. The highest BCUT2D eigenvalue weighted by atomic mass is 15.3. The molecule has 0 unspecified atom stereocenters. The molecule has 6 heteroatoms. The van der Waals surface area contributed by atoms with Crippen molar-refractivity contribution in [3.63, 3.8) is 0 Å². The molecule has 0 amide bonds. The minimum absolute atomic E-state index is 0.445. The topological polar surface area (TPSA) is 81.7 Å². The Morgan fingerprint density at radius 1 is 1.29 bits per heavy atom. The van der Waals surface area contributed by atoms with Crippen molar-refractivity contribution in [1.82, 2.24) is 19.7 Å². The molecule has 0 bridgehead atoms. The van der Waals surface area contributed by atoms with Gasteiger partial charge < -0.3 is 11.1 Å². The van der Waals surface area contributed by atoms with Gasteiger partial charge in [0.05, 0.1) is 0 Å². The fraction of sp³-hybridized carbons (Fsp3) is 0.533. The van der Waals surface area contributed by atoms with Crippen molar-refractivity contribution in [2.24, 2.45) is 11.7 Å². The van der Waals surface area contributed by atoms with Gasteiger partial charge in [0.25, 0.3) is 0 Å². The van der Waals surface area contributed by atoms with E-state index in [-0.39, 0.29) is 0 Å². The van der Waals surface area contributed by atoms with Gasteiger partial charge in [0.1, 0.15) is 0 Å². The van der Waals surface area contributed by atoms with Gasteiger partial charge in [0.2, 0.25) is 5.95 Å². The lowest BCUT2D eigenvalue weighted by Gasteiger charge is -2.28. The van der Waals surface area contributed by atoms with Crippen molar-refractivity contribution in [1.29, 1.82) is 0 Å². The van der Waals surface area contributed by atoms with Gasteiger partial charge in [-0.05, 0) is 51.1 Å². The lowest BCUT2D eigenvalue weighted by atomic mass is 9.86. The second-order valence-corrected chi connectivity index (χ2v) is 5.74. The van der Waals surface area contributed by atoms with Crippen LogP contribution in [0.2, 0.25) is 0 Å². The minimum Gasteiger partial charge on any atom is -0.351 e. The average Bonchev–Trinajstić information content (AvgIpc) is 3.02. The second-order valence-electron chi connectivity index (χ2n) is 5.74. The molecule has 6 nitrogen and oxygen atoms in total. The second kappa shape index (κ2) is 6.22. The maximum absolute atomic E-state index is 5.74. The zero-order valence-electron chi connectivity index (χ0n) is 12.4. The van der Waals surface area contributed by atoms with Crippen molar-refractivity contribution in [3.05, 3.63) is 30.2 Å². The van der Waals surface area contributed by atoms with Crippen LogP contribution in [0.5, 0.6) is 0 Å². The quantitative estimate of drug-likeness (QED) is 0.897. The number of aromatic nitrogens is 4. The van der Waals surface area contributed by atoms with E-state index >= 15 is 0 Å². The molecule has 0 aromatic carbocycles. The largest absolute Gasteiger partial charge is 0.351 e.